The van der Waals surface area contributed by atoms with E-state index in [-0.39, 0.29) is 5.91 Å². The average molecular weight is 250 g/mol. The quantitative estimate of drug-likeness (QED) is 0.754. The van der Waals surface area contributed by atoms with Gasteiger partial charge in [-0.3, -0.25) is 4.79 Å². The lowest BCUT2D eigenvalue weighted by molar-refractivity contribution is 0.0693. The van der Waals surface area contributed by atoms with Crippen LogP contribution in [0.5, 0.6) is 0 Å². The number of nitrogens with zero attached hydrogens (tertiary/aromatic N) is 1. The summed E-state index contributed by atoms with van der Waals surface area (Å²) in [4.78, 5) is 14.1. The molecule has 4 heteroatoms. The molecule has 0 spiro atoms. The highest BCUT2D eigenvalue weighted by Gasteiger charge is 2.14. The molecule has 0 radical (unpaired) electrons. The second kappa shape index (κ2) is 7.71. The number of hydrogen-bond acceptors (Lipinski definition) is 3. The molecule has 0 saturated heterocycles. The Labute approximate surface area is 109 Å². The number of unbranched alkanes of at least 4 members (excludes halogenated alkanes) is 1. The van der Waals surface area contributed by atoms with Crippen molar-refractivity contribution in [1.82, 2.24) is 4.90 Å². The number of nitrogens with two attached hydrogens (primary N) is 1. The third kappa shape index (κ3) is 4.37. The number of hydrogen-bond donors (Lipinski definition) is 1. The molecule has 0 aliphatic carbocycles. The number of rotatable bonds is 7. The Kier molecular flexibility index (Phi) is 6.22. The standard InChI is InChI=1S/C14H22N2O2/c1-3-4-8-16(9-10-18-2)14(17)12-6-5-7-13(15)11-12/h5-7,11H,3-4,8-10,15H2,1-2H3. The van der Waals surface area contributed by atoms with E-state index in [1.54, 1.807) is 31.4 Å². The van der Waals surface area contributed by atoms with Gasteiger partial charge in [-0.1, -0.05) is 19.4 Å². The van der Waals surface area contributed by atoms with Crippen molar-refractivity contribution in [2.75, 3.05) is 32.5 Å². The molecule has 0 saturated carbocycles. The van der Waals surface area contributed by atoms with Gasteiger partial charge in [-0.25, -0.2) is 0 Å². The summed E-state index contributed by atoms with van der Waals surface area (Å²) >= 11 is 0. The van der Waals surface area contributed by atoms with Crippen molar-refractivity contribution in [3.05, 3.63) is 29.8 Å². The van der Waals surface area contributed by atoms with Crippen molar-refractivity contribution >= 4 is 11.6 Å². The average Bonchev–Trinajstić information content (AvgIpc) is 2.38. The minimum absolute atomic E-state index is 0.0211. The Morgan fingerprint density at radius 2 is 2.17 bits per heavy atom. The van der Waals surface area contributed by atoms with Crippen LogP contribution in [-0.2, 0) is 4.74 Å². The first-order valence-electron chi connectivity index (χ1n) is 6.32. The van der Waals surface area contributed by atoms with Crippen molar-refractivity contribution in [3.63, 3.8) is 0 Å². The number of anilines is 1. The molecule has 18 heavy (non-hydrogen) atoms. The second-order valence-corrected chi connectivity index (χ2v) is 4.26. The number of amides is 1. The van der Waals surface area contributed by atoms with E-state index in [0.29, 0.717) is 24.4 Å². The van der Waals surface area contributed by atoms with Crippen LogP contribution >= 0.6 is 0 Å². The molecular weight excluding hydrogens is 228 g/mol. The van der Waals surface area contributed by atoms with Crippen molar-refractivity contribution in [3.8, 4) is 0 Å². The molecule has 0 aliphatic heterocycles. The van der Waals surface area contributed by atoms with Crippen LogP contribution < -0.4 is 5.73 Å². The summed E-state index contributed by atoms with van der Waals surface area (Å²) in [6, 6.07) is 7.09. The van der Waals surface area contributed by atoms with Crippen LogP contribution in [0.1, 0.15) is 30.1 Å². The molecule has 1 aromatic rings. The summed E-state index contributed by atoms with van der Waals surface area (Å²) < 4.78 is 5.04. The van der Waals surface area contributed by atoms with Gasteiger partial charge in [-0.2, -0.15) is 0 Å². The number of nitrogen functional groups attached to an aromatic ring is 1. The van der Waals surface area contributed by atoms with Crippen LogP contribution in [0.15, 0.2) is 24.3 Å². The molecule has 0 heterocycles. The molecule has 0 aliphatic rings. The summed E-state index contributed by atoms with van der Waals surface area (Å²) in [6.07, 6.45) is 2.06. The van der Waals surface area contributed by atoms with Crippen molar-refractivity contribution in [2.24, 2.45) is 0 Å². The fourth-order valence-corrected chi connectivity index (χ4v) is 1.72. The van der Waals surface area contributed by atoms with Gasteiger partial charge in [0.05, 0.1) is 6.61 Å². The fourth-order valence-electron chi connectivity index (χ4n) is 1.72. The Bertz CT molecular complexity index is 372. The van der Waals surface area contributed by atoms with Gasteiger partial charge in [-0.15, -0.1) is 0 Å². The summed E-state index contributed by atoms with van der Waals surface area (Å²) in [5.41, 5.74) is 6.96. The molecule has 0 aromatic heterocycles. The molecule has 4 nitrogen and oxygen atoms in total. The van der Waals surface area contributed by atoms with Crippen LogP contribution in [0.25, 0.3) is 0 Å². The molecule has 1 amide bonds. The van der Waals surface area contributed by atoms with E-state index in [2.05, 4.69) is 6.92 Å². The van der Waals surface area contributed by atoms with Gasteiger partial charge in [0.1, 0.15) is 0 Å². The molecule has 0 bridgehead atoms. The van der Waals surface area contributed by atoms with Gasteiger partial charge in [-0.05, 0) is 24.6 Å². The Balaban J connectivity index is 2.73. The van der Waals surface area contributed by atoms with Gasteiger partial charge in [0.2, 0.25) is 0 Å². The van der Waals surface area contributed by atoms with Crippen molar-refractivity contribution < 1.29 is 9.53 Å². The van der Waals surface area contributed by atoms with Crippen LogP contribution in [0.2, 0.25) is 0 Å². The number of methoxy groups -OCH3 is 1. The molecule has 0 atom stereocenters. The Hall–Kier alpha value is -1.55. The van der Waals surface area contributed by atoms with E-state index in [1.807, 2.05) is 4.90 Å². The lowest BCUT2D eigenvalue weighted by atomic mass is 10.1. The maximum atomic E-state index is 12.3. The Morgan fingerprint density at radius 1 is 1.39 bits per heavy atom. The molecule has 100 valence electrons. The normalized spacial score (nSPS) is 10.3. The van der Waals surface area contributed by atoms with E-state index in [0.717, 1.165) is 19.4 Å². The van der Waals surface area contributed by atoms with Crippen LogP contribution in [0, 0.1) is 0 Å². The van der Waals surface area contributed by atoms with Gasteiger partial charge in [0.15, 0.2) is 0 Å². The number of carbonyl (C=O) groups is 1. The highest BCUT2D eigenvalue weighted by atomic mass is 16.5. The minimum Gasteiger partial charge on any atom is -0.399 e. The third-order valence-electron chi connectivity index (χ3n) is 2.77. The monoisotopic (exact) mass is 250 g/mol. The third-order valence-corrected chi connectivity index (χ3v) is 2.77. The van der Waals surface area contributed by atoms with E-state index in [9.17, 15) is 4.79 Å². The molecule has 1 rings (SSSR count). The zero-order valence-electron chi connectivity index (χ0n) is 11.2. The maximum Gasteiger partial charge on any atom is 0.254 e. The largest absolute Gasteiger partial charge is 0.399 e. The smallest absolute Gasteiger partial charge is 0.254 e. The van der Waals surface area contributed by atoms with Gasteiger partial charge in [0.25, 0.3) is 5.91 Å². The highest BCUT2D eigenvalue weighted by Crippen LogP contribution is 2.10. The Morgan fingerprint density at radius 3 is 2.78 bits per heavy atom. The van der Waals surface area contributed by atoms with Gasteiger partial charge < -0.3 is 15.4 Å². The van der Waals surface area contributed by atoms with Crippen molar-refractivity contribution in [1.29, 1.82) is 0 Å². The first-order valence-corrected chi connectivity index (χ1v) is 6.32. The number of carbonyl (C=O) groups excluding carboxylic acids is 1. The second-order valence-electron chi connectivity index (χ2n) is 4.26. The SMILES string of the molecule is CCCCN(CCOC)C(=O)c1cccc(N)c1. The predicted molar refractivity (Wildman–Crippen MR) is 73.5 cm³/mol. The van der Waals surface area contributed by atoms with Crippen molar-refractivity contribution in [2.45, 2.75) is 19.8 Å². The fraction of sp³-hybridized carbons (Fsp3) is 0.500. The molecule has 0 fully saturated rings. The van der Waals surface area contributed by atoms with Gasteiger partial charge in [0, 0.05) is 31.5 Å². The zero-order chi connectivity index (χ0) is 13.4. The first-order chi connectivity index (χ1) is 8.69. The van der Waals surface area contributed by atoms with E-state index < -0.39 is 0 Å². The van der Waals surface area contributed by atoms with E-state index >= 15 is 0 Å². The van der Waals surface area contributed by atoms with Gasteiger partial charge >= 0.3 is 0 Å². The van der Waals surface area contributed by atoms with E-state index in [4.69, 9.17) is 10.5 Å². The zero-order valence-corrected chi connectivity index (χ0v) is 11.2. The van der Waals surface area contributed by atoms with Crippen LogP contribution in [0.3, 0.4) is 0 Å². The molecule has 0 unspecified atom stereocenters. The van der Waals surface area contributed by atoms with Crippen LogP contribution in [-0.4, -0.2) is 37.6 Å². The predicted octanol–water partition coefficient (Wildman–Crippen LogP) is 2.16. The van der Waals surface area contributed by atoms with E-state index in [1.165, 1.54) is 0 Å². The topological polar surface area (TPSA) is 55.6 Å². The number of benzene rings is 1. The van der Waals surface area contributed by atoms with Crippen LogP contribution in [0.4, 0.5) is 5.69 Å². The summed E-state index contributed by atoms with van der Waals surface area (Å²) in [7, 11) is 1.64. The molecule has 1 aromatic carbocycles. The maximum absolute atomic E-state index is 12.3. The summed E-state index contributed by atoms with van der Waals surface area (Å²) in [6.45, 7) is 4.04. The highest BCUT2D eigenvalue weighted by molar-refractivity contribution is 5.95. The lowest BCUT2D eigenvalue weighted by Crippen LogP contribution is -2.34. The lowest BCUT2D eigenvalue weighted by Gasteiger charge is -2.22. The minimum atomic E-state index is 0.0211. The summed E-state index contributed by atoms with van der Waals surface area (Å²) in [5.74, 6) is 0.0211. The molecular formula is C14H22N2O2. The molecule has 2 N–H and O–H groups in total. The first kappa shape index (κ1) is 14.5. The number of ether oxygens (including phenoxy) is 1. The summed E-state index contributed by atoms with van der Waals surface area (Å²) in [5, 5.41) is 0.